The number of halogens is 4. The minimum Gasteiger partial charge on any atom is -0.379 e. The molecule has 3 N–H and O–H groups in total. The number of morpholine rings is 2. The Balaban J connectivity index is 0.000000176. The van der Waals surface area contributed by atoms with Gasteiger partial charge in [0.05, 0.1) is 32.1 Å². The molecule has 13 nitrogen and oxygen atoms in total. The van der Waals surface area contributed by atoms with E-state index >= 15 is 0 Å². The number of anilines is 2. The zero-order valence-corrected chi connectivity index (χ0v) is 35.7. The van der Waals surface area contributed by atoms with E-state index in [1.54, 1.807) is 6.07 Å². The molecule has 0 aromatic carbocycles. The third-order valence-electron chi connectivity index (χ3n) is 10.5. The fourth-order valence-corrected chi connectivity index (χ4v) is 8.47. The lowest BCUT2D eigenvalue weighted by atomic mass is 9.92. The minimum absolute atomic E-state index is 0.00180. The molecule has 19 heteroatoms. The highest BCUT2D eigenvalue weighted by Crippen LogP contribution is 2.36. The maximum atomic E-state index is 13.5. The van der Waals surface area contributed by atoms with E-state index in [2.05, 4.69) is 52.7 Å². The molecule has 4 aromatic rings. The highest BCUT2D eigenvalue weighted by atomic mass is 32.1. The van der Waals surface area contributed by atoms with E-state index in [9.17, 15) is 22.4 Å². The number of nitrogens with one attached hydrogen (secondary N) is 3. The van der Waals surface area contributed by atoms with Gasteiger partial charge >= 0.3 is 0 Å². The molecule has 0 amide bonds. The molecule has 0 radical (unpaired) electrons. The number of aromatic nitrogens is 6. The summed E-state index contributed by atoms with van der Waals surface area (Å²) in [5, 5.41) is 15.0. The summed E-state index contributed by atoms with van der Waals surface area (Å²) in [7, 11) is 0. The Morgan fingerprint density at radius 2 is 1.22 bits per heavy atom. The molecule has 0 spiro atoms. The van der Waals surface area contributed by atoms with E-state index in [1.165, 1.54) is 29.6 Å². The predicted molar refractivity (Wildman–Crippen MR) is 222 cm³/mol. The van der Waals surface area contributed by atoms with Crippen LogP contribution in [0.15, 0.2) is 22.9 Å². The first-order chi connectivity index (χ1) is 28.2. The summed E-state index contributed by atoms with van der Waals surface area (Å²) >= 11 is 2.92. The third kappa shape index (κ3) is 13.6. The SMILES string of the molecule is C1COCCN1.CC(=O)c1cc(NC2CCC(F)(F)CC2)nc(-c2nc(C)cs2)n1.Cc1csc(-c2nc(NC3CCC(F)(F)CC3)cc(C(C)N3CCOCC3)n2)n1. The van der Waals surface area contributed by atoms with Crippen molar-refractivity contribution in [1.82, 2.24) is 40.1 Å². The number of hydrogen-bond donors (Lipinski definition) is 3. The van der Waals surface area contributed by atoms with Crippen LogP contribution in [-0.2, 0) is 9.47 Å². The first-order valence-corrected chi connectivity index (χ1v) is 22.0. The van der Waals surface area contributed by atoms with Crippen LogP contribution in [0, 0.1) is 13.8 Å². The molecule has 1 unspecified atom stereocenters. The van der Waals surface area contributed by atoms with Crippen molar-refractivity contribution in [3.8, 4) is 21.7 Å². The number of thiazole rings is 2. The second kappa shape index (κ2) is 20.7. The van der Waals surface area contributed by atoms with Gasteiger partial charge in [-0.25, -0.2) is 47.5 Å². The maximum absolute atomic E-state index is 13.5. The zero-order chi connectivity index (χ0) is 42.0. The Morgan fingerprint density at radius 1 is 0.746 bits per heavy atom. The average molecular weight is 863 g/mol. The Kier molecular flexibility index (Phi) is 15.7. The lowest BCUT2D eigenvalue weighted by Crippen LogP contribution is -2.38. The fraction of sp³-hybridized carbons (Fsp3) is 0.625. The molecule has 2 saturated carbocycles. The van der Waals surface area contributed by atoms with Crippen LogP contribution in [0.4, 0.5) is 29.2 Å². The lowest BCUT2D eigenvalue weighted by molar-refractivity contribution is -0.0366. The van der Waals surface area contributed by atoms with E-state index in [-0.39, 0.29) is 55.3 Å². The molecule has 0 bridgehead atoms. The van der Waals surface area contributed by atoms with Crippen LogP contribution in [0.1, 0.15) is 98.8 Å². The fourth-order valence-electron chi connectivity index (χ4n) is 7.01. The van der Waals surface area contributed by atoms with Gasteiger partial charge in [-0.15, -0.1) is 22.7 Å². The van der Waals surface area contributed by atoms with Crippen molar-refractivity contribution >= 4 is 40.1 Å². The van der Waals surface area contributed by atoms with Gasteiger partial charge in [-0.05, 0) is 46.5 Å². The normalized spacial score (nSPS) is 20.3. The highest BCUT2D eigenvalue weighted by molar-refractivity contribution is 7.13. The van der Waals surface area contributed by atoms with E-state index in [0.717, 1.165) is 74.7 Å². The van der Waals surface area contributed by atoms with Crippen LogP contribution in [-0.4, -0.2) is 117 Å². The molecular weight excluding hydrogens is 809 g/mol. The number of carbonyl (C=O) groups excluding carboxylic acids is 1. The van der Waals surface area contributed by atoms with Crippen molar-refractivity contribution in [2.24, 2.45) is 0 Å². The first kappa shape index (κ1) is 44.8. The number of nitrogens with zero attached hydrogens (tertiary/aromatic N) is 7. The van der Waals surface area contributed by atoms with Crippen molar-refractivity contribution in [2.75, 3.05) is 63.2 Å². The molecule has 2 saturated heterocycles. The van der Waals surface area contributed by atoms with Crippen molar-refractivity contribution in [1.29, 1.82) is 0 Å². The number of aryl methyl sites for hydroxylation is 2. The number of ketones is 1. The minimum atomic E-state index is -2.57. The number of Topliss-reactive ketones (excluding diaryl/α,β-unsaturated/α-hetero) is 1. The van der Waals surface area contributed by atoms with Crippen LogP contribution in [0.5, 0.6) is 0 Å². The van der Waals surface area contributed by atoms with E-state index in [0.29, 0.717) is 54.0 Å². The van der Waals surface area contributed by atoms with Gasteiger partial charge < -0.3 is 25.4 Å². The number of carbonyl (C=O) groups is 1. The first-order valence-electron chi connectivity index (χ1n) is 20.2. The molecule has 4 aliphatic rings. The average Bonchev–Trinajstić information content (AvgIpc) is 3.88. The Labute approximate surface area is 350 Å². The predicted octanol–water partition coefficient (Wildman–Crippen LogP) is 8.00. The van der Waals surface area contributed by atoms with Gasteiger partial charge in [0.1, 0.15) is 17.3 Å². The van der Waals surface area contributed by atoms with E-state index in [1.807, 2.05) is 30.7 Å². The Morgan fingerprint density at radius 3 is 1.64 bits per heavy atom. The molecule has 59 heavy (non-hydrogen) atoms. The summed E-state index contributed by atoms with van der Waals surface area (Å²) in [5.41, 5.74) is 2.99. The summed E-state index contributed by atoms with van der Waals surface area (Å²) in [5.74, 6) is -3.15. The molecule has 2 aliphatic carbocycles. The molecule has 6 heterocycles. The zero-order valence-electron chi connectivity index (χ0n) is 34.0. The van der Waals surface area contributed by atoms with Crippen LogP contribution in [0.25, 0.3) is 21.7 Å². The van der Waals surface area contributed by atoms with Crippen LogP contribution in [0.2, 0.25) is 0 Å². The van der Waals surface area contributed by atoms with Crippen molar-refractivity contribution in [3.63, 3.8) is 0 Å². The molecule has 1 atom stereocenters. The van der Waals surface area contributed by atoms with Crippen molar-refractivity contribution in [3.05, 3.63) is 45.7 Å². The number of hydrogen-bond acceptors (Lipinski definition) is 15. The largest absolute Gasteiger partial charge is 0.379 e. The van der Waals surface area contributed by atoms with Gasteiger partial charge in [0, 0.05) is 111 Å². The standard InChI is InChI=1S/C20H27F2N5OS.C16H18F2N4OS.C4H9NO/c1-13-12-29-19(23-13)18-25-16(14(2)27-7-9-28-10-8-27)11-17(26-18)24-15-3-5-20(21,22)6-4-15;1-9-8-24-15(19-9)14-21-12(10(2)23)7-13(22-14)20-11-3-5-16(17,18)6-4-11;1-3-6-4-2-5-1/h11-12,14-15H,3-10H2,1-2H3,(H,24,25,26);7-8,11H,3-6H2,1-2H3,(H,20,21,22);5H,1-4H2. The summed E-state index contributed by atoms with van der Waals surface area (Å²) in [6.07, 6.45) is 1.21. The smallest absolute Gasteiger partial charge is 0.248 e. The molecule has 4 aromatic heterocycles. The van der Waals surface area contributed by atoms with Crippen LogP contribution >= 0.6 is 22.7 Å². The van der Waals surface area contributed by atoms with E-state index < -0.39 is 11.8 Å². The third-order valence-corrected chi connectivity index (χ3v) is 12.4. The quantitative estimate of drug-likeness (QED) is 0.110. The number of rotatable bonds is 9. The highest BCUT2D eigenvalue weighted by Gasteiger charge is 2.36. The summed E-state index contributed by atoms with van der Waals surface area (Å²) in [6, 6.07) is 3.56. The molecule has 322 valence electrons. The van der Waals surface area contributed by atoms with Crippen molar-refractivity contribution in [2.45, 2.75) is 109 Å². The molecule has 8 rings (SSSR count). The van der Waals surface area contributed by atoms with Gasteiger partial charge in [-0.1, -0.05) is 0 Å². The van der Waals surface area contributed by atoms with Gasteiger partial charge in [-0.3, -0.25) is 9.69 Å². The summed E-state index contributed by atoms with van der Waals surface area (Å²) < 4.78 is 64.0. The molecule has 2 aliphatic heterocycles. The van der Waals surface area contributed by atoms with Gasteiger partial charge in [-0.2, -0.15) is 0 Å². The Hall–Kier alpha value is -3.75. The lowest BCUT2D eigenvalue weighted by Gasteiger charge is -2.32. The topological polar surface area (TPSA) is 152 Å². The van der Waals surface area contributed by atoms with Crippen LogP contribution in [0.3, 0.4) is 0 Å². The van der Waals surface area contributed by atoms with Crippen LogP contribution < -0.4 is 16.0 Å². The summed E-state index contributed by atoms with van der Waals surface area (Å²) in [4.78, 5) is 41.1. The summed E-state index contributed by atoms with van der Waals surface area (Å²) in [6.45, 7) is 14.4. The van der Waals surface area contributed by atoms with Gasteiger partial charge in [0.25, 0.3) is 0 Å². The number of alkyl halides is 4. The monoisotopic (exact) mass is 862 g/mol. The molecular formula is C40H54F4N10O3S2. The second-order valence-corrected chi connectivity index (χ2v) is 17.1. The Bertz CT molecular complexity index is 1940. The van der Waals surface area contributed by atoms with Gasteiger partial charge in [0.2, 0.25) is 11.8 Å². The molecule has 4 fully saturated rings. The van der Waals surface area contributed by atoms with Gasteiger partial charge in [0.15, 0.2) is 27.4 Å². The second-order valence-electron chi connectivity index (χ2n) is 15.3. The van der Waals surface area contributed by atoms with Crippen molar-refractivity contribution < 1.29 is 31.8 Å². The van der Waals surface area contributed by atoms with E-state index in [4.69, 9.17) is 14.5 Å². The number of ether oxygens (including phenoxy) is 2. The maximum Gasteiger partial charge on any atom is 0.248 e.